The summed E-state index contributed by atoms with van der Waals surface area (Å²) in [5.41, 5.74) is 2.17. The van der Waals surface area contributed by atoms with E-state index in [0.717, 1.165) is 21.6 Å². The van der Waals surface area contributed by atoms with E-state index < -0.39 is 11.4 Å². The number of aromatic nitrogens is 2. The molecule has 0 bridgehead atoms. The zero-order valence-electron chi connectivity index (χ0n) is 19.4. The van der Waals surface area contributed by atoms with Crippen molar-refractivity contribution in [2.75, 3.05) is 6.54 Å². The van der Waals surface area contributed by atoms with Gasteiger partial charge in [0.2, 0.25) is 5.91 Å². The standard InChI is InChI=1S/C28H26FN3O3/c1-2-31(18-21-12-14-23(15-13-21)35-20-22-8-4-3-5-9-22)28(34)19-32-27(33)17-16-26(30-32)24-10-6-7-11-25(24)29/h3-17H,2,18-20H2,1H3. The molecule has 3 aromatic carbocycles. The van der Waals surface area contributed by atoms with Crippen molar-refractivity contribution >= 4 is 5.91 Å². The van der Waals surface area contributed by atoms with Gasteiger partial charge in [0.05, 0.1) is 5.69 Å². The molecule has 0 aliphatic heterocycles. The number of nitrogens with zero attached hydrogens (tertiary/aromatic N) is 3. The van der Waals surface area contributed by atoms with Gasteiger partial charge in [-0.3, -0.25) is 9.59 Å². The highest BCUT2D eigenvalue weighted by Gasteiger charge is 2.16. The molecule has 0 atom stereocenters. The average Bonchev–Trinajstić information content (AvgIpc) is 2.89. The first-order valence-corrected chi connectivity index (χ1v) is 11.4. The normalized spacial score (nSPS) is 10.7. The predicted molar refractivity (Wildman–Crippen MR) is 132 cm³/mol. The van der Waals surface area contributed by atoms with Crippen LogP contribution in [-0.4, -0.2) is 27.1 Å². The molecule has 0 fully saturated rings. The van der Waals surface area contributed by atoms with Crippen LogP contribution in [0.4, 0.5) is 4.39 Å². The molecule has 0 spiro atoms. The molecule has 0 aliphatic carbocycles. The second-order valence-electron chi connectivity index (χ2n) is 8.02. The summed E-state index contributed by atoms with van der Waals surface area (Å²) in [6.45, 7) is 2.98. The molecule has 6 nitrogen and oxygen atoms in total. The van der Waals surface area contributed by atoms with Gasteiger partial charge >= 0.3 is 0 Å². The van der Waals surface area contributed by atoms with Crippen LogP contribution in [0.3, 0.4) is 0 Å². The first kappa shape index (κ1) is 23.9. The number of carbonyl (C=O) groups excluding carboxylic acids is 1. The number of ether oxygens (including phenoxy) is 1. The molecule has 0 radical (unpaired) electrons. The fourth-order valence-electron chi connectivity index (χ4n) is 3.63. The highest BCUT2D eigenvalue weighted by atomic mass is 19.1. The van der Waals surface area contributed by atoms with Crippen molar-refractivity contribution in [2.45, 2.75) is 26.6 Å². The summed E-state index contributed by atoms with van der Waals surface area (Å²) in [4.78, 5) is 26.9. The molecule has 4 aromatic rings. The Morgan fingerprint density at radius 1 is 0.914 bits per heavy atom. The Hall–Kier alpha value is -4.26. The smallest absolute Gasteiger partial charge is 0.267 e. The van der Waals surface area contributed by atoms with Gasteiger partial charge in [-0.2, -0.15) is 5.10 Å². The number of likely N-dealkylation sites (N-methyl/N-ethyl adjacent to an activating group) is 1. The minimum absolute atomic E-state index is 0.229. The van der Waals surface area contributed by atoms with Crippen molar-refractivity contribution in [1.82, 2.24) is 14.7 Å². The van der Waals surface area contributed by atoms with E-state index in [1.807, 2.05) is 61.5 Å². The summed E-state index contributed by atoms with van der Waals surface area (Å²) in [5, 5.41) is 4.22. The van der Waals surface area contributed by atoms with E-state index in [2.05, 4.69) is 5.10 Å². The van der Waals surface area contributed by atoms with E-state index >= 15 is 0 Å². The van der Waals surface area contributed by atoms with Gasteiger partial charge in [-0.05, 0) is 48.4 Å². The minimum Gasteiger partial charge on any atom is -0.489 e. The van der Waals surface area contributed by atoms with Crippen molar-refractivity contribution in [3.05, 3.63) is 118 Å². The van der Waals surface area contributed by atoms with Crippen molar-refractivity contribution in [1.29, 1.82) is 0 Å². The molecule has 0 saturated carbocycles. The maximum absolute atomic E-state index is 14.1. The van der Waals surface area contributed by atoms with E-state index in [4.69, 9.17) is 4.74 Å². The molecular formula is C28H26FN3O3. The van der Waals surface area contributed by atoms with E-state index in [1.54, 1.807) is 23.1 Å². The second kappa shape index (κ2) is 11.2. The predicted octanol–water partition coefficient (Wildman–Crippen LogP) is 4.68. The molecule has 1 amide bonds. The molecular weight excluding hydrogens is 445 g/mol. The first-order valence-electron chi connectivity index (χ1n) is 11.4. The van der Waals surface area contributed by atoms with Gasteiger partial charge < -0.3 is 9.64 Å². The SMILES string of the molecule is CCN(Cc1ccc(OCc2ccccc2)cc1)C(=O)Cn1nc(-c2ccccc2F)ccc1=O. The van der Waals surface area contributed by atoms with Crippen LogP contribution in [0, 0.1) is 5.82 Å². The topological polar surface area (TPSA) is 64.4 Å². The van der Waals surface area contributed by atoms with Crippen molar-refractivity contribution in [3.8, 4) is 17.0 Å². The van der Waals surface area contributed by atoms with Crippen LogP contribution in [0.2, 0.25) is 0 Å². The number of hydrogen-bond donors (Lipinski definition) is 0. The van der Waals surface area contributed by atoms with Gasteiger partial charge in [-0.25, -0.2) is 9.07 Å². The quantitative estimate of drug-likeness (QED) is 0.356. The molecule has 0 unspecified atom stereocenters. The Morgan fingerprint density at radius 2 is 1.63 bits per heavy atom. The molecule has 7 heteroatoms. The highest BCUT2D eigenvalue weighted by Crippen LogP contribution is 2.19. The van der Waals surface area contributed by atoms with Gasteiger partial charge in [-0.15, -0.1) is 0 Å². The third kappa shape index (κ3) is 6.20. The van der Waals surface area contributed by atoms with Crippen LogP contribution in [0.15, 0.2) is 95.8 Å². The Balaban J connectivity index is 1.40. The summed E-state index contributed by atoms with van der Waals surface area (Å²) in [7, 11) is 0. The summed E-state index contributed by atoms with van der Waals surface area (Å²) in [5.74, 6) is 0.0489. The monoisotopic (exact) mass is 471 g/mol. The summed E-state index contributed by atoms with van der Waals surface area (Å²) < 4.78 is 21.0. The maximum atomic E-state index is 14.1. The lowest BCUT2D eigenvalue weighted by Crippen LogP contribution is -2.36. The zero-order chi connectivity index (χ0) is 24.6. The van der Waals surface area contributed by atoms with E-state index in [-0.39, 0.29) is 18.0 Å². The van der Waals surface area contributed by atoms with Crippen LogP contribution >= 0.6 is 0 Å². The second-order valence-corrected chi connectivity index (χ2v) is 8.02. The lowest BCUT2D eigenvalue weighted by atomic mass is 10.1. The van der Waals surface area contributed by atoms with Crippen molar-refractivity contribution < 1.29 is 13.9 Å². The lowest BCUT2D eigenvalue weighted by molar-refractivity contribution is -0.132. The van der Waals surface area contributed by atoms with E-state index in [9.17, 15) is 14.0 Å². The molecule has 35 heavy (non-hydrogen) atoms. The van der Waals surface area contributed by atoms with E-state index in [1.165, 1.54) is 18.2 Å². The Kier molecular flexibility index (Phi) is 7.67. The molecule has 0 N–H and O–H groups in total. The fraction of sp³-hybridized carbons (Fsp3) is 0.179. The number of hydrogen-bond acceptors (Lipinski definition) is 4. The number of benzene rings is 3. The van der Waals surface area contributed by atoms with Crippen LogP contribution in [0.25, 0.3) is 11.3 Å². The van der Waals surface area contributed by atoms with Crippen molar-refractivity contribution in [3.63, 3.8) is 0 Å². The van der Waals surface area contributed by atoms with Gasteiger partial charge in [-0.1, -0.05) is 54.6 Å². The van der Waals surface area contributed by atoms with Gasteiger partial charge in [0.25, 0.3) is 5.56 Å². The Labute approximate surface area is 203 Å². The molecule has 0 saturated heterocycles. The fourth-order valence-corrected chi connectivity index (χ4v) is 3.63. The Morgan fingerprint density at radius 3 is 2.34 bits per heavy atom. The van der Waals surface area contributed by atoms with Crippen molar-refractivity contribution in [2.24, 2.45) is 0 Å². The zero-order valence-corrected chi connectivity index (χ0v) is 19.4. The highest BCUT2D eigenvalue weighted by molar-refractivity contribution is 5.76. The lowest BCUT2D eigenvalue weighted by Gasteiger charge is -2.21. The van der Waals surface area contributed by atoms with Gasteiger partial charge in [0.15, 0.2) is 0 Å². The van der Waals surface area contributed by atoms with Gasteiger partial charge in [0, 0.05) is 24.7 Å². The largest absolute Gasteiger partial charge is 0.489 e. The third-order valence-electron chi connectivity index (χ3n) is 5.58. The molecule has 0 aliphatic rings. The molecule has 1 aromatic heterocycles. The first-order chi connectivity index (χ1) is 17.0. The number of amides is 1. The minimum atomic E-state index is -0.442. The van der Waals surface area contributed by atoms with Gasteiger partial charge in [0.1, 0.15) is 24.7 Å². The van der Waals surface area contributed by atoms with Crippen LogP contribution in [0.5, 0.6) is 5.75 Å². The number of halogens is 1. The molecule has 1 heterocycles. The van der Waals surface area contributed by atoms with Crippen LogP contribution in [-0.2, 0) is 24.5 Å². The molecule has 4 rings (SSSR count). The average molecular weight is 472 g/mol. The summed E-state index contributed by atoms with van der Waals surface area (Å²) in [6, 6.07) is 26.4. The van der Waals surface area contributed by atoms with Crippen LogP contribution < -0.4 is 10.3 Å². The summed E-state index contributed by atoms with van der Waals surface area (Å²) >= 11 is 0. The van der Waals surface area contributed by atoms with Crippen LogP contribution in [0.1, 0.15) is 18.1 Å². The van der Waals surface area contributed by atoms with E-state index in [0.29, 0.717) is 25.4 Å². The molecule has 178 valence electrons. The third-order valence-corrected chi connectivity index (χ3v) is 5.58. The maximum Gasteiger partial charge on any atom is 0.267 e. The summed E-state index contributed by atoms with van der Waals surface area (Å²) in [6.07, 6.45) is 0. The number of rotatable bonds is 9. The number of carbonyl (C=O) groups is 1. The Bertz CT molecular complexity index is 1340.